The predicted octanol–water partition coefficient (Wildman–Crippen LogP) is 3.46. The van der Waals surface area contributed by atoms with Gasteiger partial charge in [-0.05, 0) is 36.6 Å². The smallest absolute Gasteiger partial charge is 0.241 e. The maximum absolute atomic E-state index is 12.9. The van der Waals surface area contributed by atoms with Gasteiger partial charge in [0.05, 0.1) is 12.1 Å². The average molecular weight is 367 g/mol. The van der Waals surface area contributed by atoms with Crippen LogP contribution in [0.3, 0.4) is 0 Å². The van der Waals surface area contributed by atoms with Crippen molar-refractivity contribution in [3.05, 3.63) is 54.4 Å². The van der Waals surface area contributed by atoms with E-state index in [-0.39, 0.29) is 18.1 Å². The lowest BCUT2D eigenvalue weighted by atomic mass is 9.54. The second-order valence-corrected chi connectivity index (χ2v) is 7.90. The first-order valence-electron chi connectivity index (χ1n) is 9.51. The summed E-state index contributed by atoms with van der Waals surface area (Å²) in [4.78, 5) is 17.0. The van der Waals surface area contributed by atoms with Crippen LogP contribution in [0.1, 0.15) is 45.7 Å². The number of benzene rings is 1. The first-order chi connectivity index (χ1) is 12.8. The number of aromatic nitrogens is 1. The van der Waals surface area contributed by atoms with Gasteiger partial charge in [0, 0.05) is 30.8 Å². The maximum atomic E-state index is 12.9. The number of ether oxygens (including phenoxy) is 1. The zero-order valence-corrected chi connectivity index (χ0v) is 16.5. The molecular weight excluding hydrogens is 338 g/mol. The van der Waals surface area contributed by atoms with Crippen LogP contribution in [0.25, 0.3) is 11.1 Å². The van der Waals surface area contributed by atoms with Crippen molar-refractivity contribution in [2.45, 2.75) is 51.8 Å². The first kappa shape index (κ1) is 19.5. The minimum absolute atomic E-state index is 0.0207. The van der Waals surface area contributed by atoms with E-state index in [4.69, 9.17) is 10.5 Å². The Morgan fingerprint density at radius 2 is 2.00 bits per heavy atom. The normalized spacial score (nSPS) is 24.7. The summed E-state index contributed by atoms with van der Waals surface area (Å²) in [5.41, 5.74) is 8.38. The van der Waals surface area contributed by atoms with Gasteiger partial charge in [0.1, 0.15) is 5.54 Å². The number of pyridine rings is 1. The molecule has 1 saturated carbocycles. The van der Waals surface area contributed by atoms with Gasteiger partial charge in [-0.15, -0.1) is 0 Å². The number of carbonyl (C=O) groups is 1. The van der Waals surface area contributed by atoms with Gasteiger partial charge in [0.25, 0.3) is 0 Å². The molecule has 1 heterocycles. The Kier molecular flexibility index (Phi) is 5.36. The monoisotopic (exact) mass is 367 g/mol. The highest BCUT2D eigenvalue weighted by Gasteiger charge is 2.62. The summed E-state index contributed by atoms with van der Waals surface area (Å²) >= 11 is 0. The lowest BCUT2D eigenvalue weighted by molar-refractivity contribution is -0.171. The number of nitrogens with zero attached hydrogens (tertiary/aromatic N) is 1. The Labute approximate surface area is 161 Å². The molecule has 27 heavy (non-hydrogen) atoms. The number of nitrogens with one attached hydrogen (secondary N) is 1. The Morgan fingerprint density at radius 3 is 2.56 bits per heavy atom. The quantitative estimate of drug-likeness (QED) is 0.820. The highest BCUT2D eigenvalue weighted by molar-refractivity contribution is 5.89. The molecule has 1 aliphatic carbocycles. The summed E-state index contributed by atoms with van der Waals surface area (Å²) < 4.78 is 5.72. The van der Waals surface area contributed by atoms with Crippen molar-refractivity contribution in [2.75, 3.05) is 6.61 Å². The van der Waals surface area contributed by atoms with Crippen molar-refractivity contribution >= 4 is 5.91 Å². The van der Waals surface area contributed by atoms with Crippen LogP contribution >= 0.6 is 0 Å². The lowest BCUT2D eigenvalue weighted by Gasteiger charge is -2.57. The van der Waals surface area contributed by atoms with Gasteiger partial charge >= 0.3 is 0 Å². The minimum Gasteiger partial charge on any atom is -0.378 e. The summed E-state index contributed by atoms with van der Waals surface area (Å²) in [5.74, 6) is -0.118. The Morgan fingerprint density at radius 1 is 1.30 bits per heavy atom. The largest absolute Gasteiger partial charge is 0.378 e. The zero-order chi connectivity index (χ0) is 19.7. The maximum Gasteiger partial charge on any atom is 0.241 e. The van der Waals surface area contributed by atoms with Gasteiger partial charge in [0.15, 0.2) is 0 Å². The van der Waals surface area contributed by atoms with Crippen LogP contribution in [0.4, 0.5) is 0 Å². The van der Waals surface area contributed by atoms with E-state index in [1.807, 2.05) is 70.3 Å². The second kappa shape index (κ2) is 7.41. The van der Waals surface area contributed by atoms with Crippen molar-refractivity contribution in [1.29, 1.82) is 0 Å². The van der Waals surface area contributed by atoms with E-state index in [9.17, 15) is 4.79 Å². The molecule has 5 nitrogen and oxygen atoms in total. The van der Waals surface area contributed by atoms with Crippen molar-refractivity contribution in [3.63, 3.8) is 0 Å². The molecule has 0 spiro atoms. The van der Waals surface area contributed by atoms with E-state index in [0.717, 1.165) is 16.7 Å². The SMILES string of the molecule is CCOC1CC(N)(C(=O)NC(C)c2ccc(-c3cccnc3)cc2)C1(C)C. The van der Waals surface area contributed by atoms with Crippen LogP contribution in [-0.2, 0) is 9.53 Å². The van der Waals surface area contributed by atoms with Crippen LogP contribution < -0.4 is 11.1 Å². The first-order valence-corrected chi connectivity index (χ1v) is 9.51. The third kappa shape index (κ3) is 3.49. The van der Waals surface area contributed by atoms with Crippen LogP contribution in [-0.4, -0.2) is 29.1 Å². The topological polar surface area (TPSA) is 77.2 Å². The average Bonchev–Trinajstić information content (AvgIpc) is 2.68. The molecule has 144 valence electrons. The van der Waals surface area contributed by atoms with Crippen molar-refractivity contribution < 1.29 is 9.53 Å². The molecule has 1 aromatic carbocycles. The van der Waals surface area contributed by atoms with Crippen molar-refractivity contribution in [2.24, 2.45) is 11.1 Å². The van der Waals surface area contributed by atoms with Gasteiger partial charge in [-0.1, -0.05) is 44.2 Å². The summed E-state index contributed by atoms with van der Waals surface area (Å²) in [6.45, 7) is 8.58. The summed E-state index contributed by atoms with van der Waals surface area (Å²) in [6, 6.07) is 12.0. The number of nitrogens with two attached hydrogens (primary N) is 1. The molecule has 1 fully saturated rings. The number of carbonyl (C=O) groups excluding carboxylic acids is 1. The summed E-state index contributed by atoms with van der Waals surface area (Å²) in [6.07, 6.45) is 4.17. The molecule has 0 aliphatic heterocycles. The minimum atomic E-state index is -0.906. The molecule has 1 aliphatic rings. The standard InChI is InChI=1S/C22H29N3O2/c1-5-27-19-13-22(23,21(19,3)4)20(26)25-15(2)16-8-10-17(11-9-16)18-7-6-12-24-14-18/h6-12,14-15,19H,5,13,23H2,1-4H3,(H,25,26). The summed E-state index contributed by atoms with van der Waals surface area (Å²) in [7, 11) is 0. The van der Waals surface area contributed by atoms with Crippen molar-refractivity contribution in [3.8, 4) is 11.1 Å². The third-order valence-electron chi connectivity index (χ3n) is 5.99. The molecular formula is C22H29N3O2. The third-order valence-corrected chi connectivity index (χ3v) is 5.99. The fraction of sp³-hybridized carbons (Fsp3) is 0.455. The van der Waals surface area contributed by atoms with Crippen LogP contribution in [0.2, 0.25) is 0 Å². The number of hydrogen-bond donors (Lipinski definition) is 2. The second-order valence-electron chi connectivity index (χ2n) is 7.90. The van der Waals surface area contributed by atoms with E-state index in [1.54, 1.807) is 6.20 Å². The highest BCUT2D eigenvalue weighted by Crippen LogP contribution is 2.50. The molecule has 3 N–H and O–H groups in total. The van der Waals surface area contributed by atoms with Crippen LogP contribution in [0, 0.1) is 5.41 Å². The van der Waals surface area contributed by atoms with Crippen LogP contribution in [0.5, 0.6) is 0 Å². The van der Waals surface area contributed by atoms with E-state index in [0.29, 0.717) is 13.0 Å². The lowest BCUT2D eigenvalue weighted by Crippen LogP contribution is -2.75. The molecule has 0 saturated heterocycles. The van der Waals surface area contributed by atoms with Gasteiger partial charge in [0.2, 0.25) is 5.91 Å². The number of hydrogen-bond acceptors (Lipinski definition) is 4. The van der Waals surface area contributed by atoms with Gasteiger partial charge in [-0.3, -0.25) is 9.78 Å². The fourth-order valence-corrected chi connectivity index (χ4v) is 3.73. The molecule has 1 amide bonds. The number of rotatable bonds is 6. The predicted molar refractivity (Wildman–Crippen MR) is 107 cm³/mol. The number of amides is 1. The molecule has 0 radical (unpaired) electrons. The van der Waals surface area contributed by atoms with Crippen molar-refractivity contribution in [1.82, 2.24) is 10.3 Å². The Hall–Kier alpha value is -2.24. The van der Waals surface area contributed by atoms with Gasteiger partial charge in [-0.2, -0.15) is 0 Å². The van der Waals surface area contributed by atoms with Crippen LogP contribution in [0.15, 0.2) is 48.8 Å². The van der Waals surface area contributed by atoms with E-state index >= 15 is 0 Å². The van der Waals surface area contributed by atoms with E-state index in [1.165, 1.54) is 0 Å². The molecule has 3 unspecified atom stereocenters. The molecule has 3 rings (SSSR count). The fourth-order valence-electron chi connectivity index (χ4n) is 3.73. The Bertz CT molecular complexity index is 789. The molecule has 2 aromatic rings. The van der Waals surface area contributed by atoms with Gasteiger partial charge < -0.3 is 15.8 Å². The molecule has 3 atom stereocenters. The summed E-state index contributed by atoms with van der Waals surface area (Å²) in [5, 5.41) is 3.08. The Balaban J connectivity index is 1.67. The molecule has 0 bridgehead atoms. The van der Waals surface area contributed by atoms with Gasteiger partial charge in [-0.25, -0.2) is 0 Å². The highest BCUT2D eigenvalue weighted by atomic mass is 16.5. The van der Waals surface area contributed by atoms with E-state index < -0.39 is 11.0 Å². The zero-order valence-electron chi connectivity index (χ0n) is 16.5. The molecule has 1 aromatic heterocycles. The molecule has 5 heteroatoms. The van der Waals surface area contributed by atoms with E-state index in [2.05, 4.69) is 10.3 Å².